The molecule has 0 aromatic heterocycles. The van der Waals surface area contributed by atoms with Crippen LogP contribution < -0.4 is 4.74 Å². The van der Waals surface area contributed by atoms with E-state index < -0.39 is 11.8 Å². The van der Waals surface area contributed by atoms with Gasteiger partial charge >= 0.3 is 0 Å². The fraction of sp³-hybridized carbons (Fsp3) is 0.538. The summed E-state index contributed by atoms with van der Waals surface area (Å²) >= 11 is 0. The Hall–Kier alpha value is -2.36. The first-order valence-corrected chi connectivity index (χ1v) is 10.9. The van der Waals surface area contributed by atoms with Crippen LogP contribution in [0.15, 0.2) is 42.2 Å². The molecule has 1 fully saturated rings. The first-order valence-electron chi connectivity index (χ1n) is 10.9. The quantitative estimate of drug-likeness (QED) is 0.674. The maximum absolute atomic E-state index is 13.3. The van der Waals surface area contributed by atoms with E-state index in [1.807, 2.05) is 38.1 Å². The Labute approximate surface area is 179 Å². The van der Waals surface area contributed by atoms with E-state index in [9.17, 15) is 14.7 Å². The molecule has 160 valence electrons. The number of fused-ring (bicyclic) bond motifs is 2. The summed E-state index contributed by atoms with van der Waals surface area (Å²) in [5.41, 5.74) is 1.85. The zero-order chi connectivity index (χ0) is 21.8. The summed E-state index contributed by atoms with van der Waals surface area (Å²) in [4.78, 5) is 26.6. The smallest absolute Gasteiger partial charge is 0.163 e. The number of carbonyl (C=O) groups excluding carboxylic acids is 2. The predicted octanol–water partition coefficient (Wildman–Crippen LogP) is 5.47. The molecule has 0 radical (unpaired) electrons. The van der Waals surface area contributed by atoms with E-state index in [1.54, 1.807) is 0 Å². The van der Waals surface area contributed by atoms with E-state index in [0.29, 0.717) is 31.3 Å². The number of rotatable bonds is 3. The third-order valence-electron chi connectivity index (χ3n) is 6.84. The van der Waals surface area contributed by atoms with E-state index in [2.05, 4.69) is 20.4 Å². The number of carbonyl (C=O) groups is 2. The number of aliphatic hydroxyl groups is 1. The molecule has 2 aliphatic carbocycles. The molecule has 3 unspecified atom stereocenters. The Morgan fingerprint density at radius 3 is 2.53 bits per heavy atom. The first kappa shape index (κ1) is 20.9. The van der Waals surface area contributed by atoms with Gasteiger partial charge in [-0.1, -0.05) is 52.0 Å². The number of hydrogen-bond acceptors (Lipinski definition) is 4. The monoisotopic (exact) mass is 408 g/mol. The molecule has 1 heterocycles. The van der Waals surface area contributed by atoms with Gasteiger partial charge in [-0.25, -0.2) is 0 Å². The summed E-state index contributed by atoms with van der Waals surface area (Å²) in [5.74, 6) is 0.0836. The molecule has 30 heavy (non-hydrogen) atoms. The topological polar surface area (TPSA) is 63.6 Å². The lowest BCUT2D eigenvalue weighted by Gasteiger charge is -2.47. The molecule has 3 atom stereocenters. The summed E-state index contributed by atoms with van der Waals surface area (Å²) in [6.07, 6.45) is 4.22. The average molecular weight is 409 g/mol. The second kappa shape index (κ2) is 7.11. The van der Waals surface area contributed by atoms with Gasteiger partial charge < -0.3 is 9.84 Å². The molecule has 0 spiro atoms. The fourth-order valence-electron chi connectivity index (χ4n) is 5.70. The van der Waals surface area contributed by atoms with E-state index in [0.717, 1.165) is 23.3 Å². The number of ketones is 2. The van der Waals surface area contributed by atoms with Gasteiger partial charge in [-0.3, -0.25) is 9.59 Å². The summed E-state index contributed by atoms with van der Waals surface area (Å²) in [5, 5.41) is 11.0. The van der Waals surface area contributed by atoms with Crippen LogP contribution in [0.3, 0.4) is 0 Å². The second-order valence-corrected chi connectivity index (χ2v) is 10.8. The van der Waals surface area contributed by atoms with Gasteiger partial charge in [0.05, 0.1) is 5.92 Å². The van der Waals surface area contributed by atoms with Crippen molar-refractivity contribution in [3.8, 4) is 5.75 Å². The van der Waals surface area contributed by atoms with Crippen LogP contribution in [0, 0.1) is 16.7 Å². The molecule has 1 saturated carbocycles. The molecule has 3 aliphatic rings. The van der Waals surface area contributed by atoms with Gasteiger partial charge in [0.15, 0.2) is 5.78 Å². The van der Waals surface area contributed by atoms with Crippen molar-refractivity contribution in [3.05, 3.63) is 53.3 Å². The van der Waals surface area contributed by atoms with Crippen molar-refractivity contribution in [1.82, 2.24) is 0 Å². The summed E-state index contributed by atoms with van der Waals surface area (Å²) < 4.78 is 6.47. The molecule has 0 bridgehead atoms. The lowest BCUT2D eigenvalue weighted by molar-refractivity contribution is -0.135. The van der Waals surface area contributed by atoms with Gasteiger partial charge in [0.2, 0.25) is 0 Å². The molecular formula is C26H32O4. The number of hydrogen-bond donors (Lipinski definition) is 1. The Kier molecular flexibility index (Phi) is 4.95. The number of allylic oxidation sites excluding steroid dienone is 3. The van der Waals surface area contributed by atoms with Crippen LogP contribution in [0.5, 0.6) is 5.75 Å². The molecule has 0 saturated heterocycles. The zero-order valence-electron chi connectivity index (χ0n) is 18.5. The standard InChI is InChI=1S/C26H32O4/c1-6-8-15-9-7-10-16-21(22-17(27)11-25(2,3)12-18(22)28)23-19(29)13-26(4,5)14-20(23)30-24(15)16/h6-7,9-10,20-21,23,27H,1,8,11-14H2,2-5H3. The van der Waals surface area contributed by atoms with E-state index >= 15 is 0 Å². The van der Waals surface area contributed by atoms with Crippen molar-refractivity contribution in [2.45, 2.75) is 71.8 Å². The van der Waals surface area contributed by atoms with Gasteiger partial charge in [-0.15, -0.1) is 6.58 Å². The van der Waals surface area contributed by atoms with Gasteiger partial charge in [0, 0.05) is 36.3 Å². The number of para-hydroxylation sites is 1. The Morgan fingerprint density at radius 1 is 1.13 bits per heavy atom. The molecule has 1 N–H and O–H groups in total. The van der Waals surface area contributed by atoms with E-state index in [4.69, 9.17) is 4.74 Å². The summed E-state index contributed by atoms with van der Waals surface area (Å²) in [6.45, 7) is 12.0. The lowest BCUT2D eigenvalue weighted by Crippen LogP contribution is -2.50. The Balaban J connectivity index is 1.92. The lowest BCUT2D eigenvalue weighted by atomic mass is 9.61. The van der Waals surface area contributed by atoms with Gasteiger partial charge in [-0.05, 0) is 29.2 Å². The van der Waals surface area contributed by atoms with Gasteiger partial charge in [0.25, 0.3) is 0 Å². The normalized spacial score (nSPS) is 29.7. The van der Waals surface area contributed by atoms with E-state index in [-0.39, 0.29) is 34.3 Å². The number of ether oxygens (including phenoxy) is 1. The molecule has 4 heteroatoms. The van der Waals surface area contributed by atoms with Crippen LogP contribution in [-0.4, -0.2) is 22.8 Å². The molecule has 1 aromatic carbocycles. The van der Waals surface area contributed by atoms with Crippen molar-refractivity contribution in [3.63, 3.8) is 0 Å². The molecule has 4 rings (SSSR count). The van der Waals surface area contributed by atoms with Gasteiger partial charge in [-0.2, -0.15) is 0 Å². The minimum Gasteiger partial charge on any atom is -0.512 e. The van der Waals surface area contributed by atoms with Gasteiger partial charge in [0.1, 0.15) is 23.4 Å². The maximum Gasteiger partial charge on any atom is 0.163 e. The third kappa shape index (κ3) is 3.51. The second-order valence-electron chi connectivity index (χ2n) is 10.8. The molecule has 4 nitrogen and oxygen atoms in total. The van der Waals surface area contributed by atoms with Crippen molar-refractivity contribution in [2.75, 3.05) is 0 Å². The Bertz CT molecular complexity index is 950. The highest BCUT2D eigenvalue weighted by Crippen LogP contribution is 2.54. The highest BCUT2D eigenvalue weighted by Gasteiger charge is 2.53. The number of aliphatic hydroxyl groups excluding tert-OH is 1. The predicted molar refractivity (Wildman–Crippen MR) is 117 cm³/mol. The number of benzene rings is 1. The van der Waals surface area contributed by atoms with E-state index in [1.165, 1.54) is 0 Å². The minimum absolute atomic E-state index is 0.0490. The van der Waals surface area contributed by atoms with Crippen LogP contribution in [0.2, 0.25) is 0 Å². The van der Waals surface area contributed by atoms with Crippen molar-refractivity contribution < 1.29 is 19.4 Å². The summed E-state index contributed by atoms with van der Waals surface area (Å²) in [7, 11) is 0. The third-order valence-corrected chi connectivity index (χ3v) is 6.84. The van der Waals surface area contributed by atoms with Crippen LogP contribution in [-0.2, 0) is 16.0 Å². The Morgan fingerprint density at radius 2 is 1.87 bits per heavy atom. The molecule has 1 aliphatic heterocycles. The molecule has 1 aromatic rings. The largest absolute Gasteiger partial charge is 0.512 e. The van der Waals surface area contributed by atoms with Crippen LogP contribution in [0.4, 0.5) is 0 Å². The van der Waals surface area contributed by atoms with Crippen LogP contribution in [0.1, 0.15) is 70.4 Å². The minimum atomic E-state index is -0.448. The molecule has 0 amide bonds. The van der Waals surface area contributed by atoms with Crippen molar-refractivity contribution >= 4 is 11.6 Å². The fourth-order valence-corrected chi connectivity index (χ4v) is 5.70. The summed E-state index contributed by atoms with van der Waals surface area (Å²) in [6, 6.07) is 5.90. The average Bonchev–Trinajstić information content (AvgIpc) is 2.59. The number of Topliss-reactive ketones (excluding diaryl/α,β-unsaturated/α-hetero) is 2. The highest BCUT2D eigenvalue weighted by molar-refractivity contribution is 6.00. The zero-order valence-corrected chi connectivity index (χ0v) is 18.5. The van der Waals surface area contributed by atoms with Crippen LogP contribution in [0.25, 0.3) is 0 Å². The van der Waals surface area contributed by atoms with Crippen LogP contribution >= 0.6 is 0 Å². The first-order chi connectivity index (χ1) is 14.0. The maximum atomic E-state index is 13.3. The SMILES string of the molecule is C=CCc1cccc2c1OC1CC(C)(C)CC(=O)C1C2C1=C(O)CC(C)(C)CC1=O. The van der Waals surface area contributed by atoms with Crippen molar-refractivity contribution in [1.29, 1.82) is 0 Å². The molecular weight excluding hydrogens is 376 g/mol. The highest BCUT2D eigenvalue weighted by atomic mass is 16.5. The van der Waals surface area contributed by atoms with Crippen molar-refractivity contribution in [2.24, 2.45) is 16.7 Å².